The average Bonchev–Trinajstić information content (AvgIpc) is 2.68. The molecule has 0 bridgehead atoms. The van der Waals surface area contributed by atoms with Gasteiger partial charge in [-0.3, -0.25) is 4.99 Å². The fourth-order valence-electron chi connectivity index (χ4n) is 1.58. The number of hydrogen-bond donors (Lipinski definition) is 0. The van der Waals surface area contributed by atoms with E-state index < -0.39 is 0 Å². The third-order valence-corrected chi connectivity index (χ3v) is 2.19. The zero-order valence-electron chi connectivity index (χ0n) is 8.06. The first-order valence-electron chi connectivity index (χ1n) is 4.74. The lowest BCUT2D eigenvalue weighted by molar-refractivity contribution is 0.571. The number of nitrogens with zero attached hydrogens (tertiary/aromatic N) is 2. The normalized spacial score (nSPS) is 15.4. The van der Waals surface area contributed by atoms with Gasteiger partial charge in [-0.05, 0) is 0 Å². The molecule has 0 saturated carbocycles. The van der Waals surface area contributed by atoms with Gasteiger partial charge in [0.25, 0.3) is 0 Å². The Morgan fingerprint density at radius 3 is 2.79 bits per heavy atom. The van der Waals surface area contributed by atoms with Crippen molar-refractivity contribution in [1.82, 2.24) is 4.90 Å². The van der Waals surface area contributed by atoms with Gasteiger partial charge in [-0.1, -0.05) is 36.4 Å². The molecule has 14 heavy (non-hydrogen) atoms. The molecule has 0 unspecified atom stereocenters. The van der Waals surface area contributed by atoms with E-state index in [1.165, 1.54) is 5.56 Å². The minimum absolute atomic E-state index is 0.870. The van der Waals surface area contributed by atoms with Gasteiger partial charge in [-0.25, -0.2) is 0 Å². The van der Waals surface area contributed by atoms with Crippen LogP contribution in [0, 0.1) is 6.54 Å². The molecule has 1 aliphatic rings. The van der Waals surface area contributed by atoms with Crippen molar-refractivity contribution < 1.29 is 0 Å². The van der Waals surface area contributed by atoms with Crippen molar-refractivity contribution in [3.8, 4) is 0 Å². The Kier molecular flexibility index (Phi) is 2.63. The molecule has 2 rings (SSSR count). The Balaban J connectivity index is 2.22. The molecular weight excluding hydrogens is 172 g/mol. The van der Waals surface area contributed by atoms with Crippen LogP contribution in [0.2, 0.25) is 0 Å². The van der Waals surface area contributed by atoms with Gasteiger partial charge in [-0.2, -0.15) is 0 Å². The van der Waals surface area contributed by atoms with Crippen molar-refractivity contribution in [3.63, 3.8) is 0 Å². The predicted octanol–water partition coefficient (Wildman–Crippen LogP) is 2.10. The SMILES string of the molecule is C=C[CH]N1CCN=C1c1ccccc1. The van der Waals surface area contributed by atoms with Crippen LogP contribution in [0.5, 0.6) is 0 Å². The maximum absolute atomic E-state index is 4.47. The van der Waals surface area contributed by atoms with Gasteiger partial charge in [-0.15, -0.1) is 6.58 Å². The van der Waals surface area contributed by atoms with Crippen LogP contribution in [-0.4, -0.2) is 23.8 Å². The molecule has 0 spiro atoms. The van der Waals surface area contributed by atoms with Crippen LogP contribution in [0.25, 0.3) is 0 Å². The van der Waals surface area contributed by atoms with Crippen molar-refractivity contribution in [1.29, 1.82) is 0 Å². The number of hydrogen-bond acceptors (Lipinski definition) is 2. The van der Waals surface area contributed by atoms with Gasteiger partial charge in [0.1, 0.15) is 5.84 Å². The molecule has 0 N–H and O–H groups in total. The van der Waals surface area contributed by atoms with Crippen LogP contribution >= 0.6 is 0 Å². The van der Waals surface area contributed by atoms with E-state index >= 15 is 0 Å². The minimum Gasteiger partial charge on any atom is -0.346 e. The maximum atomic E-state index is 4.47. The van der Waals surface area contributed by atoms with Crippen LogP contribution in [0.15, 0.2) is 48.0 Å². The Bertz CT molecular complexity index is 341. The average molecular weight is 185 g/mol. The van der Waals surface area contributed by atoms with Gasteiger partial charge in [0, 0.05) is 12.1 Å². The highest BCUT2D eigenvalue weighted by Crippen LogP contribution is 2.12. The van der Waals surface area contributed by atoms with Crippen LogP contribution in [0.4, 0.5) is 0 Å². The van der Waals surface area contributed by atoms with Crippen LogP contribution < -0.4 is 0 Å². The first-order valence-corrected chi connectivity index (χ1v) is 4.74. The van der Waals surface area contributed by atoms with Gasteiger partial charge in [0.05, 0.1) is 13.1 Å². The number of rotatable bonds is 3. The van der Waals surface area contributed by atoms with Crippen molar-refractivity contribution >= 4 is 5.84 Å². The summed E-state index contributed by atoms with van der Waals surface area (Å²) in [6.07, 6.45) is 1.80. The molecule has 1 heterocycles. The van der Waals surface area contributed by atoms with Crippen molar-refractivity contribution in [2.45, 2.75) is 0 Å². The Hall–Kier alpha value is -1.57. The Morgan fingerprint density at radius 2 is 2.07 bits per heavy atom. The second-order valence-corrected chi connectivity index (χ2v) is 3.15. The molecule has 2 nitrogen and oxygen atoms in total. The lowest BCUT2D eigenvalue weighted by Crippen LogP contribution is -2.24. The Morgan fingerprint density at radius 1 is 1.29 bits per heavy atom. The highest BCUT2D eigenvalue weighted by molar-refractivity contribution is 6.00. The molecule has 2 heteroatoms. The topological polar surface area (TPSA) is 15.6 Å². The quantitative estimate of drug-likeness (QED) is 0.704. The molecule has 0 saturated heterocycles. The molecule has 1 aliphatic heterocycles. The highest BCUT2D eigenvalue weighted by Gasteiger charge is 2.16. The molecule has 0 amide bonds. The molecule has 1 aromatic rings. The van der Waals surface area contributed by atoms with E-state index in [1.807, 2.05) is 24.7 Å². The van der Waals surface area contributed by atoms with Crippen molar-refractivity contribution in [3.05, 3.63) is 55.1 Å². The highest BCUT2D eigenvalue weighted by atomic mass is 15.2. The molecule has 0 atom stereocenters. The zero-order chi connectivity index (χ0) is 9.80. The van der Waals surface area contributed by atoms with Crippen molar-refractivity contribution in [2.75, 3.05) is 13.1 Å². The lowest BCUT2D eigenvalue weighted by Gasteiger charge is -2.17. The predicted molar refractivity (Wildman–Crippen MR) is 59.0 cm³/mol. The fraction of sp³-hybridized carbons (Fsp3) is 0.167. The standard InChI is InChI=1S/C12H13N2/c1-2-9-14-10-8-13-12(14)11-6-4-3-5-7-11/h2-7,9H,1,8,10H2. The summed E-state index contributed by atoms with van der Waals surface area (Å²) in [5, 5.41) is 0. The van der Waals surface area contributed by atoms with E-state index in [1.54, 1.807) is 6.08 Å². The van der Waals surface area contributed by atoms with E-state index in [-0.39, 0.29) is 0 Å². The zero-order valence-corrected chi connectivity index (χ0v) is 8.06. The molecule has 0 aliphatic carbocycles. The van der Waals surface area contributed by atoms with Crippen LogP contribution in [0.1, 0.15) is 5.56 Å². The molecule has 0 fully saturated rings. The fourth-order valence-corrected chi connectivity index (χ4v) is 1.58. The van der Waals surface area contributed by atoms with E-state index in [0.717, 1.165) is 18.9 Å². The number of aliphatic imine (C=N–C) groups is 1. The van der Waals surface area contributed by atoms with Crippen LogP contribution in [0.3, 0.4) is 0 Å². The molecule has 1 radical (unpaired) electrons. The van der Waals surface area contributed by atoms with Crippen molar-refractivity contribution in [2.24, 2.45) is 4.99 Å². The smallest absolute Gasteiger partial charge is 0.131 e. The van der Waals surface area contributed by atoms with E-state index in [9.17, 15) is 0 Å². The molecule has 1 aromatic carbocycles. The van der Waals surface area contributed by atoms with Gasteiger partial charge in [0.15, 0.2) is 0 Å². The molecular formula is C12H13N2. The maximum Gasteiger partial charge on any atom is 0.131 e. The summed E-state index contributed by atoms with van der Waals surface area (Å²) in [5.41, 5.74) is 1.17. The minimum atomic E-state index is 0.870. The van der Waals surface area contributed by atoms with Gasteiger partial charge >= 0.3 is 0 Å². The van der Waals surface area contributed by atoms with E-state index in [2.05, 4.69) is 28.6 Å². The first-order chi connectivity index (χ1) is 6.92. The summed E-state index contributed by atoms with van der Waals surface area (Å²) < 4.78 is 0. The largest absolute Gasteiger partial charge is 0.346 e. The second kappa shape index (κ2) is 4.09. The summed E-state index contributed by atoms with van der Waals surface area (Å²) >= 11 is 0. The molecule has 0 aromatic heterocycles. The van der Waals surface area contributed by atoms with E-state index in [4.69, 9.17) is 0 Å². The number of amidine groups is 1. The summed E-state index contributed by atoms with van der Waals surface area (Å²) in [7, 11) is 0. The third-order valence-electron chi connectivity index (χ3n) is 2.19. The first kappa shape index (κ1) is 9.00. The summed E-state index contributed by atoms with van der Waals surface area (Å²) in [6, 6.07) is 10.2. The van der Waals surface area contributed by atoms with E-state index in [0.29, 0.717) is 0 Å². The lowest BCUT2D eigenvalue weighted by atomic mass is 10.2. The van der Waals surface area contributed by atoms with Crippen LogP contribution in [-0.2, 0) is 0 Å². The number of benzene rings is 1. The summed E-state index contributed by atoms with van der Waals surface area (Å²) in [4.78, 5) is 6.60. The second-order valence-electron chi connectivity index (χ2n) is 3.15. The Labute approximate surface area is 84.6 Å². The summed E-state index contributed by atoms with van der Waals surface area (Å²) in [5.74, 6) is 1.05. The van der Waals surface area contributed by atoms with Gasteiger partial charge in [0.2, 0.25) is 0 Å². The third kappa shape index (κ3) is 1.69. The monoisotopic (exact) mass is 185 g/mol. The molecule has 71 valence electrons. The summed E-state index contributed by atoms with van der Waals surface area (Å²) in [6.45, 7) is 7.50. The van der Waals surface area contributed by atoms with Gasteiger partial charge < -0.3 is 4.90 Å².